The van der Waals surface area contributed by atoms with E-state index in [1.165, 1.54) is 29.2 Å². The molecule has 1 fully saturated rings. The van der Waals surface area contributed by atoms with E-state index in [0.29, 0.717) is 23.4 Å². The number of anilines is 1. The number of ketones is 1. The Morgan fingerprint density at radius 2 is 1.75 bits per heavy atom. The number of hydrogen-bond acceptors (Lipinski definition) is 4. The average molecular weight is 429 g/mol. The van der Waals surface area contributed by atoms with E-state index in [9.17, 15) is 19.1 Å². The number of carbonyl (C=O) groups excluding carboxylic acids is 2. The van der Waals surface area contributed by atoms with Crippen molar-refractivity contribution in [1.82, 2.24) is 0 Å². The van der Waals surface area contributed by atoms with Crippen molar-refractivity contribution in [1.29, 1.82) is 0 Å². The highest BCUT2D eigenvalue weighted by molar-refractivity contribution is 6.51. The molecule has 0 spiro atoms. The number of para-hydroxylation sites is 1. The number of nitrogens with zero attached hydrogens (tertiary/aromatic N) is 1. The summed E-state index contributed by atoms with van der Waals surface area (Å²) in [5, 5.41) is 11.2. The average Bonchev–Trinajstić information content (AvgIpc) is 3.09. The standard InChI is InChI=1S/C26H20FNO4/c27-19-11-8-16(9-12-19)23-22(25(30)26(31)28(23)20-6-2-1-3-7-20)24(29)18-10-13-21-17(15-18)5-4-14-32-21/h1-3,6-13,15,23,29H,4-5,14H2/b24-22-. The molecule has 0 radical (unpaired) electrons. The molecular weight excluding hydrogens is 409 g/mol. The molecule has 2 aliphatic heterocycles. The van der Waals surface area contributed by atoms with Gasteiger partial charge in [0.25, 0.3) is 11.7 Å². The summed E-state index contributed by atoms with van der Waals surface area (Å²) in [5.74, 6) is -1.46. The molecule has 160 valence electrons. The Balaban J connectivity index is 1.69. The van der Waals surface area contributed by atoms with Gasteiger partial charge in [0.1, 0.15) is 17.3 Å². The third-order valence-electron chi connectivity index (χ3n) is 5.85. The van der Waals surface area contributed by atoms with E-state index in [4.69, 9.17) is 4.74 Å². The molecule has 2 heterocycles. The quantitative estimate of drug-likeness (QED) is 0.370. The Morgan fingerprint density at radius 3 is 2.50 bits per heavy atom. The zero-order valence-corrected chi connectivity index (χ0v) is 17.1. The largest absolute Gasteiger partial charge is 0.507 e. The summed E-state index contributed by atoms with van der Waals surface area (Å²) in [6.07, 6.45) is 1.67. The van der Waals surface area contributed by atoms with Crippen LogP contribution < -0.4 is 9.64 Å². The number of carbonyl (C=O) groups is 2. The Hall–Kier alpha value is -3.93. The SMILES string of the molecule is O=C1C(=O)N(c2ccccc2)C(c2ccc(F)cc2)/C1=C(/O)c1ccc2c(c1)CCCO2. The number of Topliss-reactive ketones (excluding diaryl/α,β-unsaturated/α-hetero) is 1. The van der Waals surface area contributed by atoms with Gasteiger partial charge in [-0.2, -0.15) is 0 Å². The van der Waals surface area contributed by atoms with Crippen molar-refractivity contribution in [3.05, 3.63) is 101 Å². The van der Waals surface area contributed by atoms with Crippen molar-refractivity contribution in [2.24, 2.45) is 0 Å². The molecule has 5 rings (SSSR count). The monoisotopic (exact) mass is 429 g/mol. The number of fused-ring (bicyclic) bond motifs is 1. The van der Waals surface area contributed by atoms with E-state index in [1.54, 1.807) is 42.5 Å². The first-order valence-electron chi connectivity index (χ1n) is 10.4. The van der Waals surface area contributed by atoms with Crippen LogP contribution in [0.5, 0.6) is 5.75 Å². The number of aliphatic hydroxyl groups is 1. The van der Waals surface area contributed by atoms with Crippen LogP contribution in [0.3, 0.4) is 0 Å². The lowest BCUT2D eigenvalue weighted by molar-refractivity contribution is -0.132. The minimum absolute atomic E-state index is 0.0258. The molecule has 3 aromatic carbocycles. The number of benzene rings is 3. The Bertz CT molecular complexity index is 1230. The molecule has 0 aliphatic carbocycles. The van der Waals surface area contributed by atoms with Gasteiger partial charge in [-0.15, -0.1) is 0 Å². The lowest BCUT2D eigenvalue weighted by atomic mass is 9.94. The van der Waals surface area contributed by atoms with Crippen LogP contribution in [-0.2, 0) is 16.0 Å². The normalized spacial score (nSPS) is 19.5. The van der Waals surface area contributed by atoms with Crippen molar-refractivity contribution >= 4 is 23.1 Å². The second kappa shape index (κ2) is 7.96. The highest BCUT2D eigenvalue weighted by Crippen LogP contribution is 2.42. The van der Waals surface area contributed by atoms with Gasteiger partial charge >= 0.3 is 0 Å². The van der Waals surface area contributed by atoms with Crippen molar-refractivity contribution in [2.45, 2.75) is 18.9 Å². The molecule has 3 aromatic rings. The summed E-state index contributed by atoms with van der Waals surface area (Å²) < 4.78 is 19.2. The molecule has 0 aromatic heterocycles. The maximum atomic E-state index is 13.6. The van der Waals surface area contributed by atoms with Crippen molar-refractivity contribution < 1.29 is 23.8 Å². The van der Waals surface area contributed by atoms with Crippen LogP contribution in [0.2, 0.25) is 0 Å². The summed E-state index contributed by atoms with van der Waals surface area (Å²) >= 11 is 0. The van der Waals surface area contributed by atoms with E-state index in [-0.39, 0.29) is 11.3 Å². The van der Waals surface area contributed by atoms with E-state index >= 15 is 0 Å². The van der Waals surface area contributed by atoms with Crippen molar-refractivity contribution in [3.63, 3.8) is 0 Å². The Labute approximate surface area is 184 Å². The summed E-state index contributed by atoms with van der Waals surface area (Å²) in [5.41, 5.74) is 2.39. The van der Waals surface area contributed by atoms with E-state index in [2.05, 4.69) is 0 Å². The predicted molar refractivity (Wildman–Crippen MR) is 118 cm³/mol. The second-order valence-corrected chi connectivity index (χ2v) is 7.83. The first-order chi connectivity index (χ1) is 15.5. The molecule has 1 amide bonds. The second-order valence-electron chi connectivity index (χ2n) is 7.83. The van der Waals surface area contributed by atoms with Crippen molar-refractivity contribution in [2.75, 3.05) is 11.5 Å². The fourth-order valence-electron chi connectivity index (χ4n) is 4.31. The number of amides is 1. The zero-order valence-electron chi connectivity index (χ0n) is 17.1. The lowest BCUT2D eigenvalue weighted by Crippen LogP contribution is -2.29. The molecule has 2 aliphatic rings. The molecule has 1 unspecified atom stereocenters. The Morgan fingerprint density at radius 1 is 1.00 bits per heavy atom. The lowest BCUT2D eigenvalue weighted by Gasteiger charge is -2.25. The van der Waals surface area contributed by atoms with Gasteiger partial charge in [0.15, 0.2) is 0 Å². The maximum absolute atomic E-state index is 13.6. The zero-order chi connectivity index (χ0) is 22.2. The number of ether oxygens (including phenoxy) is 1. The van der Waals surface area contributed by atoms with E-state index < -0.39 is 23.5 Å². The first-order valence-corrected chi connectivity index (χ1v) is 10.4. The van der Waals surface area contributed by atoms with E-state index in [0.717, 1.165) is 24.2 Å². The highest BCUT2D eigenvalue weighted by Gasteiger charge is 2.47. The number of aryl methyl sites for hydroxylation is 1. The molecule has 1 atom stereocenters. The third-order valence-corrected chi connectivity index (χ3v) is 5.85. The Kier molecular flexibility index (Phi) is 4.98. The number of hydrogen-bond donors (Lipinski definition) is 1. The smallest absolute Gasteiger partial charge is 0.300 e. The molecule has 1 N–H and O–H groups in total. The number of rotatable bonds is 3. The third kappa shape index (κ3) is 3.34. The van der Waals surface area contributed by atoms with Gasteiger partial charge < -0.3 is 9.84 Å². The number of aliphatic hydroxyl groups excluding tert-OH is 1. The van der Waals surface area contributed by atoms with Crippen LogP contribution >= 0.6 is 0 Å². The molecule has 0 bridgehead atoms. The molecular formula is C26H20FNO4. The van der Waals surface area contributed by atoms with Crippen LogP contribution in [0.25, 0.3) is 5.76 Å². The van der Waals surface area contributed by atoms with Gasteiger partial charge in [0, 0.05) is 11.3 Å². The summed E-state index contributed by atoms with van der Waals surface area (Å²) in [7, 11) is 0. The van der Waals surface area contributed by atoms with Gasteiger partial charge in [-0.1, -0.05) is 30.3 Å². The summed E-state index contributed by atoms with van der Waals surface area (Å²) in [6, 6.07) is 18.7. The van der Waals surface area contributed by atoms with Gasteiger partial charge in [-0.3, -0.25) is 14.5 Å². The minimum Gasteiger partial charge on any atom is -0.507 e. The van der Waals surface area contributed by atoms with Gasteiger partial charge in [-0.05, 0) is 66.4 Å². The van der Waals surface area contributed by atoms with Crippen LogP contribution in [0, 0.1) is 5.82 Å². The van der Waals surface area contributed by atoms with Crippen LogP contribution in [0.4, 0.5) is 10.1 Å². The summed E-state index contributed by atoms with van der Waals surface area (Å²) in [4.78, 5) is 27.6. The topological polar surface area (TPSA) is 66.8 Å². The minimum atomic E-state index is -0.884. The highest BCUT2D eigenvalue weighted by atomic mass is 19.1. The maximum Gasteiger partial charge on any atom is 0.300 e. The molecule has 32 heavy (non-hydrogen) atoms. The molecule has 5 nitrogen and oxygen atoms in total. The predicted octanol–water partition coefficient (Wildman–Crippen LogP) is 4.78. The van der Waals surface area contributed by atoms with Crippen LogP contribution in [0.15, 0.2) is 78.4 Å². The fourth-order valence-corrected chi connectivity index (χ4v) is 4.31. The van der Waals surface area contributed by atoms with Gasteiger partial charge in [0.05, 0.1) is 18.2 Å². The van der Waals surface area contributed by atoms with Crippen LogP contribution in [-0.4, -0.2) is 23.4 Å². The van der Waals surface area contributed by atoms with E-state index in [1.807, 2.05) is 6.07 Å². The number of halogens is 1. The van der Waals surface area contributed by atoms with Gasteiger partial charge in [-0.25, -0.2) is 4.39 Å². The fraction of sp³-hybridized carbons (Fsp3) is 0.154. The molecule has 0 saturated carbocycles. The van der Waals surface area contributed by atoms with Crippen molar-refractivity contribution in [3.8, 4) is 5.75 Å². The molecule has 1 saturated heterocycles. The first kappa shape index (κ1) is 20.0. The van der Waals surface area contributed by atoms with Crippen LogP contribution in [0.1, 0.15) is 29.2 Å². The molecule has 6 heteroatoms. The summed E-state index contributed by atoms with van der Waals surface area (Å²) in [6.45, 7) is 0.644. The van der Waals surface area contributed by atoms with Gasteiger partial charge in [0.2, 0.25) is 0 Å².